The molecule has 5 nitrogen and oxygen atoms in total. The lowest BCUT2D eigenvalue weighted by Crippen LogP contribution is -2.47. The number of aliphatic hydroxyl groups is 1. The molecular formula is C11H21NO4S. The molecule has 0 bridgehead atoms. The number of sulfone groups is 1. The molecular weight excluding hydrogens is 242 g/mol. The molecule has 1 aliphatic rings. The molecule has 6 heteroatoms. The van der Waals surface area contributed by atoms with Gasteiger partial charge in [0.05, 0.1) is 11.4 Å². The molecule has 0 aromatic heterocycles. The van der Waals surface area contributed by atoms with Crippen molar-refractivity contribution in [3.05, 3.63) is 0 Å². The number of carbonyl (C=O) groups excluding carboxylic acids is 1. The van der Waals surface area contributed by atoms with Gasteiger partial charge in [0.2, 0.25) is 5.91 Å². The van der Waals surface area contributed by atoms with E-state index in [4.69, 9.17) is 0 Å². The van der Waals surface area contributed by atoms with Crippen LogP contribution in [0.4, 0.5) is 0 Å². The summed E-state index contributed by atoms with van der Waals surface area (Å²) in [5, 5.41) is 11.3. The SMILES string of the molecule is CCC(C)(O)CNC(=O)C1CCCCS1(=O)=O. The molecule has 2 atom stereocenters. The number of nitrogens with one attached hydrogen (secondary N) is 1. The number of hydrogen-bond donors (Lipinski definition) is 2. The van der Waals surface area contributed by atoms with Crippen molar-refractivity contribution in [2.45, 2.75) is 50.4 Å². The molecule has 1 aliphatic heterocycles. The van der Waals surface area contributed by atoms with Gasteiger partial charge in [-0.25, -0.2) is 8.42 Å². The Morgan fingerprint density at radius 2 is 2.12 bits per heavy atom. The van der Waals surface area contributed by atoms with Gasteiger partial charge in [-0.05, 0) is 26.2 Å². The Kier molecular flexibility index (Phi) is 4.55. The van der Waals surface area contributed by atoms with Gasteiger partial charge in [0.15, 0.2) is 9.84 Å². The second-order valence-corrected chi connectivity index (χ2v) is 7.22. The smallest absolute Gasteiger partial charge is 0.238 e. The third-order valence-electron chi connectivity index (χ3n) is 3.28. The van der Waals surface area contributed by atoms with Crippen molar-refractivity contribution in [1.82, 2.24) is 5.32 Å². The zero-order valence-corrected chi connectivity index (χ0v) is 11.2. The molecule has 1 rings (SSSR count). The van der Waals surface area contributed by atoms with E-state index in [1.807, 2.05) is 6.92 Å². The summed E-state index contributed by atoms with van der Waals surface area (Å²) in [6.45, 7) is 3.51. The van der Waals surface area contributed by atoms with E-state index in [9.17, 15) is 18.3 Å². The summed E-state index contributed by atoms with van der Waals surface area (Å²) >= 11 is 0. The van der Waals surface area contributed by atoms with E-state index in [1.54, 1.807) is 6.92 Å². The zero-order chi connectivity index (χ0) is 13.1. The van der Waals surface area contributed by atoms with Crippen LogP contribution in [0, 0.1) is 0 Å². The number of carbonyl (C=O) groups is 1. The summed E-state index contributed by atoms with van der Waals surface area (Å²) in [5.74, 6) is -0.381. The Morgan fingerprint density at radius 3 is 2.65 bits per heavy atom. The van der Waals surface area contributed by atoms with Crippen LogP contribution in [0.15, 0.2) is 0 Å². The van der Waals surface area contributed by atoms with E-state index in [0.717, 1.165) is 6.42 Å². The highest BCUT2D eigenvalue weighted by molar-refractivity contribution is 7.92. The molecule has 2 N–H and O–H groups in total. The molecule has 0 spiro atoms. The first kappa shape index (κ1) is 14.4. The largest absolute Gasteiger partial charge is 0.388 e. The Balaban J connectivity index is 2.58. The quantitative estimate of drug-likeness (QED) is 0.760. The topological polar surface area (TPSA) is 83.5 Å². The second-order valence-electron chi connectivity index (χ2n) is 4.92. The highest BCUT2D eigenvalue weighted by Crippen LogP contribution is 2.19. The van der Waals surface area contributed by atoms with Crippen LogP contribution in [0.2, 0.25) is 0 Å². The maximum absolute atomic E-state index is 11.8. The molecule has 17 heavy (non-hydrogen) atoms. The molecule has 0 radical (unpaired) electrons. The van der Waals surface area contributed by atoms with Crippen LogP contribution in [0.1, 0.15) is 39.5 Å². The van der Waals surface area contributed by atoms with Crippen LogP contribution in [0.5, 0.6) is 0 Å². The summed E-state index contributed by atoms with van der Waals surface area (Å²) in [7, 11) is -3.29. The standard InChI is InChI=1S/C11H21NO4S/c1-3-11(2,14)8-12-10(13)9-6-4-5-7-17(9,15)16/h9,14H,3-8H2,1-2H3,(H,12,13). The Labute approximate surface area is 103 Å². The Hall–Kier alpha value is -0.620. The Morgan fingerprint density at radius 1 is 1.47 bits per heavy atom. The van der Waals surface area contributed by atoms with Crippen molar-refractivity contribution in [3.8, 4) is 0 Å². The van der Waals surface area contributed by atoms with Gasteiger partial charge in [-0.2, -0.15) is 0 Å². The van der Waals surface area contributed by atoms with Gasteiger partial charge in [0, 0.05) is 6.54 Å². The third-order valence-corrected chi connectivity index (χ3v) is 5.45. The minimum atomic E-state index is -3.29. The van der Waals surface area contributed by atoms with Crippen molar-refractivity contribution in [1.29, 1.82) is 0 Å². The van der Waals surface area contributed by atoms with E-state index in [1.165, 1.54) is 0 Å². The summed E-state index contributed by atoms with van der Waals surface area (Å²) in [5.41, 5.74) is -0.978. The van der Waals surface area contributed by atoms with E-state index >= 15 is 0 Å². The van der Waals surface area contributed by atoms with E-state index in [-0.39, 0.29) is 12.3 Å². The van der Waals surface area contributed by atoms with Crippen LogP contribution in [-0.2, 0) is 14.6 Å². The van der Waals surface area contributed by atoms with Crippen LogP contribution < -0.4 is 5.32 Å². The van der Waals surface area contributed by atoms with Crippen molar-refractivity contribution >= 4 is 15.7 Å². The van der Waals surface area contributed by atoms with Gasteiger partial charge in [0.1, 0.15) is 5.25 Å². The monoisotopic (exact) mass is 263 g/mol. The summed E-state index contributed by atoms with van der Waals surface area (Å²) in [4.78, 5) is 11.8. The fourth-order valence-corrected chi connectivity index (χ4v) is 3.59. The van der Waals surface area contributed by atoms with Crippen LogP contribution >= 0.6 is 0 Å². The lowest BCUT2D eigenvalue weighted by Gasteiger charge is -2.25. The third kappa shape index (κ3) is 3.96. The molecule has 0 aromatic rings. The molecule has 0 saturated carbocycles. The first-order valence-corrected chi connectivity index (χ1v) is 7.72. The summed E-state index contributed by atoms with van der Waals surface area (Å²) in [6, 6.07) is 0. The average molecular weight is 263 g/mol. The van der Waals surface area contributed by atoms with Crippen molar-refractivity contribution in [2.75, 3.05) is 12.3 Å². The lowest BCUT2D eigenvalue weighted by molar-refractivity contribution is -0.122. The highest BCUT2D eigenvalue weighted by Gasteiger charge is 2.35. The van der Waals surface area contributed by atoms with Gasteiger partial charge >= 0.3 is 0 Å². The molecule has 0 aromatic carbocycles. The van der Waals surface area contributed by atoms with Gasteiger partial charge in [-0.1, -0.05) is 13.3 Å². The average Bonchev–Trinajstić information content (AvgIpc) is 2.25. The predicted octanol–water partition coefficient (Wildman–Crippen LogP) is 0.231. The van der Waals surface area contributed by atoms with E-state index in [0.29, 0.717) is 19.3 Å². The fourth-order valence-electron chi connectivity index (χ4n) is 1.77. The van der Waals surface area contributed by atoms with Gasteiger partial charge in [0.25, 0.3) is 0 Å². The lowest BCUT2D eigenvalue weighted by atomic mass is 10.0. The Bertz CT molecular complexity index is 375. The molecule has 1 saturated heterocycles. The maximum atomic E-state index is 11.8. The van der Waals surface area contributed by atoms with Crippen molar-refractivity contribution in [3.63, 3.8) is 0 Å². The number of rotatable bonds is 4. The minimum absolute atomic E-state index is 0.0916. The zero-order valence-electron chi connectivity index (χ0n) is 10.4. The second kappa shape index (κ2) is 5.35. The van der Waals surface area contributed by atoms with E-state index < -0.39 is 26.6 Å². The van der Waals surface area contributed by atoms with Crippen molar-refractivity contribution < 1.29 is 18.3 Å². The summed E-state index contributed by atoms with van der Waals surface area (Å²) < 4.78 is 23.4. The van der Waals surface area contributed by atoms with Crippen LogP contribution in [0.3, 0.4) is 0 Å². The van der Waals surface area contributed by atoms with Gasteiger partial charge < -0.3 is 10.4 Å². The van der Waals surface area contributed by atoms with Crippen molar-refractivity contribution in [2.24, 2.45) is 0 Å². The molecule has 100 valence electrons. The van der Waals surface area contributed by atoms with Crippen LogP contribution in [-0.4, -0.2) is 42.6 Å². The minimum Gasteiger partial charge on any atom is -0.388 e. The maximum Gasteiger partial charge on any atom is 0.238 e. The molecule has 1 heterocycles. The van der Waals surface area contributed by atoms with Gasteiger partial charge in [-0.15, -0.1) is 0 Å². The van der Waals surface area contributed by atoms with Crippen LogP contribution in [0.25, 0.3) is 0 Å². The highest BCUT2D eigenvalue weighted by atomic mass is 32.2. The molecule has 1 fully saturated rings. The summed E-state index contributed by atoms with van der Waals surface area (Å²) in [6.07, 6.45) is 2.30. The molecule has 2 unspecified atom stereocenters. The first-order valence-electron chi connectivity index (χ1n) is 6.00. The van der Waals surface area contributed by atoms with Gasteiger partial charge in [-0.3, -0.25) is 4.79 Å². The fraction of sp³-hybridized carbons (Fsp3) is 0.909. The molecule has 0 aliphatic carbocycles. The van der Waals surface area contributed by atoms with E-state index in [2.05, 4.69) is 5.32 Å². The first-order chi connectivity index (χ1) is 7.78. The predicted molar refractivity (Wildman–Crippen MR) is 65.4 cm³/mol. The normalized spacial score (nSPS) is 27.1. The molecule has 1 amide bonds. The number of hydrogen-bond acceptors (Lipinski definition) is 4. The number of amides is 1.